The van der Waals surface area contributed by atoms with E-state index in [1.807, 2.05) is 24.3 Å². The van der Waals surface area contributed by atoms with Gasteiger partial charge in [-0.2, -0.15) is 5.26 Å². The molecule has 0 aliphatic rings. The molecule has 2 aromatic heterocycles. The van der Waals surface area contributed by atoms with Crippen LogP contribution >= 0.6 is 0 Å². The third-order valence-electron chi connectivity index (χ3n) is 1.93. The molecular formula is C11H9N5. The van der Waals surface area contributed by atoms with Crippen LogP contribution in [0.4, 0.5) is 5.95 Å². The summed E-state index contributed by atoms with van der Waals surface area (Å²) in [5.41, 5.74) is 1.36. The fourth-order valence-electron chi connectivity index (χ4n) is 1.15. The Bertz CT molecular complexity index is 486. The van der Waals surface area contributed by atoms with Crippen molar-refractivity contribution in [2.75, 3.05) is 5.32 Å². The molecule has 5 heteroatoms. The smallest absolute Gasteiger partial charge is 0.222 e. The van der Waals surface area contributed by atoms with E-state index in [1.54, 1.807) is 6.20 Å². The molecule has 0 saturated heterocycles. The maximum Gasteiger partial charge on any atom is 0.222 e. The van der Waals surface area contributed by atoms with E-state index in [1.165, 1.54) is 12.4 Å². The first kappa shape index (κ1) is 10.1. The van der Waals surface area contributed by atoms with Gasteiger partial charge in [0.2, 0.25) is 5.95 Å². The van der Waals surface area contributed by atoms with Crippen LogP contribution in [-0.2, 0) is 6.54 Å². The summed E-state index contributed by atoms with van der Waals surface area (Å²) in [7, 11) is 0. The highest BCUT2D eigenvalue weighted by molar-refractivity contribution is 5.30. The van der Waals surface area contributed by atoms with Crippen molar-refractivity contribution in [2.24, 2.45) is 0 Å². The van der Waals surface area contributed by atoms with Crippen LogP contribution in [-0.4, -0.2) is 15.0 Å². The van der Waals surface area contributed by atoms with Crippen LogP contribution in [0, 0.1) is 11.3 Å². The van der Waals surface area contributed by atoms with Crippen LogP contribution in [0.25, 0.3) is 0 Å². The number of nitriles is 1. The lowest BCUT2D eigenvalue weighted by atomic mass is 10.3. The zero-order valence-corrected chi connectivity index (χ0v) is 8.46. The van der Waals surface area contributed by atoms with Crippen LogP contribution in [0.15, 0.2) is 36.8 Å². The van der Waals surface area contributed by atoms with Gasteiger partial charge in [0.25, 0.3) is 0 Å². The number of hydrogen-bond acceptors (Lipinski definition) is 5. The minimum absolute atomic E-state index is 0.448. The van der Waals surface area contributed by atoms with Crippen molar-refractivity contribution < 1.29 is 0 Å². The molecule has 0 amide bonds. The van der Waals surface area contributed by atoms with Gasteiger partial charge in [0.1, 0.15) is 6.07 Å². The van der Waals surface area contributed by atoms with E-state index in [9.17, 15) is 0 Å². The van der Waals surface area contributed by atoms with Gasteiger partial charge in [0.15, 0.2) is 0 Å². The Balaban J connectivity index is 1.98. The van der Waals surface area contributed by atoms with Crippen LogP contribution < -0.4 is 5.32 Å². The topological polar surface area (TPSA) is 74.5 Å². The van der Waals surface area contributed by atoms with Crippen LogP contribution in [0.2, 0.25) is 0 Å². The van der Waals surface area contributed by atoms with E-state index >= 15 is 0 Å². The molecule has 5 nitrogen and oxygen atoms in total. The monoisotopic (exact) mass is 211 g/mol. The fourth-order valence-corrected chi connectivity index (χ4v) is 1.15. The van der Waals surface area contributed by atoms with Crippen molar-refractivity contribution in [2.45, 2.75) is 6.54 Å². The number of nitrogens with one attached hydrogen (secondary N) is 1. The summed E-state index contributed by atoms with van der Waals surface area (Å²) in [5.74, 6) is 0.490. The average Bonchev–Trinajstić information content (AvgIpc) is 2.38. The fraction of sp³-hybridized carbons (Fsp3) is 0.0909. The number of pyridine rings is 1. The minimum Gasteiger partial charge on any atom is -0.349 e. The first-order valence-corrected chi connectivity index (χ1v) is 4.74. The molecule has 0 unspecified atom stereocenters. The second-order valence-electron chi connectivity index (χ2n) is 3.08. The van der Waals surface area contributed by atoms with Crippen LogP contribution in [0.1, 0.15) is 11.3 Å². The zero-order chi connectivity index (χ0) is 11.2. The summed E-state index contributed by atoms with van der Waals surface area (Å²) < 4.78 is 0. The summed E-state index contributed by atoms with van der Waals surface area (Å²) in [5, 5.41) is 11.6. The van der Waals surface area contributed by atoms with Crippen molar-refractivity contribution in [1.82, 2.24) is 15.0 Å². The van der Waals surface area contributed by atoms with Gasteiger partial charge in [-0.1, -0.05) is 6.07 Å². The maximum atomic E-state index is 8.58. The molecule has 78 valence electrons. The molecule has 2 heterocycles. The van der Waals surface area contributed by atoms with Crippen molar-refractivity contribution in [3.8, 4) is 6.07 Å². The summed E-state index contributed by atoms with van der Waals surface area (Å²) in [4.78, 5) is 12.1. The standard InChI is InChI=1S/C11H9N5/c12-5-9-6-14-11(15-7-9)16-8-10-3-1-2-4-13-10/h1-4,6-7H,8H2,(H,14,15,16). The largest absolute Gasteiger partial charge is 0.349 e. The highest BCUT2D eigenvalue weighted by atomic mass is 15.1. The molecule has 0 radical (unpaired) electrons. The number of rotatable bonds is 3. The molecule has 1 N–H and O–H groups in total. The van der Waals surface area contributed by atoms with E-state index in [4.69, 9.17) is 5.26 Å². The minimum atomic E-state index is 0.448. The van der Waals surface area contributed by atoms with Gasteiger partial charge >= 0.3 is 0 Å². The van der Waals surface area contributed by atoms with Gasteiger partial charge in [0, 0.05) is 6.20 Å². The van der Waals surface area contributed by atoms with Crippen molar-refractivity contribution >= 4 is 5.95 Å². The normalized spacial score (nSPS) is 9.44. The molecule has 0 fully saturated rings. The Morgan fingerprint density at radius 2 is 2.00 bits per heavy atom. The van der Waals surface area contributed by atoms with Crippen molar-refractivity contribution in [3.05, 3.63) is 48.0 Å². The number of aromatic nitrogens is 3. The van der Waals surface area contributed by atoms with Gasteiger partial charge < -0.3 is 5.32 Å². The summed E-state index contributed by atoms with van der Waals surface area (Å²) in [6.45, 7) is 0.562. The first-order valence-electron chi connectivity index (χ1n) is 4.74. The predicted octanol–water partition coefficient (Wildman–Crippen LogP) is 1.36. The molecular weight excluding hydrogens is 202 g/mol. The van der Waals surface area contributed by atoms with Crippen LogP contribution in [0.3, 0.4) is 0 Å². The molecule has 0 aliphatic carbocycles. The molecule has 0 bridgehead atoms. The van der Waals surface area contributed by atoms with E-state index in [-0.39, 0.29) is 0 Å². The average molecular weight is 211 g/mol. The lowest BCUT2D eigenvalue weighted by molar-refractivity contribution is 0.999. The molecule has 0 aliphatic heterocycles. The number of nitrogens with zero attached hydrogens (tertiary/aromatic N) is 4. The maximum absolute atomic E-state index is 8.58. The second-order valence-corrected chi connectivity index (χ2v) is 3.08. The Morgan fingerprint density at radius 3 is 2.62 bits per heavy atom. The van der Waals surface area contributed by atoms with Gasteiger partial charge in [-0.05, 0) is 12.1 Å². The molecule has 2 aromatic rings. The van der Waals surface area contributed by atoms with Crippen LogP contribution in [0.5, 0.6) is 0 Å². The van der Waals surface area contributed by atoms with Gasteiger partial charge in [-0.15, -0.1) is 0 Å². The predicted molar refractivity (Wildman–Crippen MR) is 58.3 cm³/mol. The number of hydrogen-bond donors (Lipinski definition) is 1. The molecule has 0 spiro atoms. The molecule has 0 atom stereocenters. The highest BCUT2D eigenvalue weighted by Crippen LogP contribution is 2.01. The first-order chi connectivity index (χ1) is 7.88. The van der Waals surface area contributed by atoms with Gasteiger partial charge in [-0.25, -0.2) is 9.97 Å². The summed E-state index contributed by atoms with van der Waals surface area (Å²) in [6, 6.07) is 7.66. The molecule has 16 heavy (non-hydrogen) atoms. The lowest BCUT2D eigenvalue weighted by Gasteiger charge is -2.02. The Kier molecular flexibility index (Phi) is 3.04. The quantitative estimate of drug-likeness (QED) is 0.829. The van der Waals surface area contributed by atoms with E-state index in [2.05, 4.69) is 20.3 Å². The third kappa shape index (κ3) is 2.51. The molecule has 0 saturated carbocycles. The van der Waals surface area contributed by atoms with E-state index in [0.29, 0.717) is 18.1 Å². The Hall–Kier alpha value is -2.48. The van der Waals surface area contributed by atoms with E-state index < -0.39 is 0 Å². The number of anilines is 1. The van der Waals surface area contributed by atoms with E-state index in [0.717, 1.165) is 5.69 Å². The molecule has 0 aromatic carbocycles. The Morgan fingerprint density at radius 1 is 1.19 bits per heavy atom. The lowest BCUT2D eigenvalue weighted by Crippen LogP contribution is -2.04. The highest BCUT2D eigenvalue weighted by Gasteiger charge is 1.97. The van der Waals surface area contributed by atoms with Gasteiger partial charge in [-0.3, -0.25) is 4.98 Å². The third-order valence-corrected chi connectivity index (χ3v) is 1.93. The van der Waals surface area contributed by atoms with Crippen molar-refractivity contribution in [1.29, 1.82) is 5.26 Å². The summed E-state index contributed by atoms with van der Waals surface area (Å²) in [6.07, 6.45) is 4.69. The Labute approximate surface area is 92.8 Å². The molecule has 2 rings (SSSR count). The van der Waals surface area contributed by atoms with Crippen molar-refractivity contribution in [3.63, 3.8) is 0 Å². The zero-order valence-electron chi connectivity index (χ0n) is 8.46. The summed E-state index contributed by atoms with van der Waals surface area (Å²) >= 11 is 0. The van der Waals surface area contributed by atoms with Gasteiger partial charge in [0.05, 0.1) is 30.2 Å². The SMILES string of the molecule is N#Cc1cnc(NCc2ccccn2)nc1. The second kappa shape index (κ2) is 4.84.